The molecule has 0 radical (unpaired) electrons. The lowest BCUT2D eigenvalue weighted by Crippen LogP contribution is -2.33. The molecule has 1 aromatic carbocycles. The molecule has 0 amide bonds. The number of aryl methyl sites for hydroxylation is 1. The first-order chi connectivity index (χ1) is 9.13. The lowest BCUT2D eigenvalue weighted by atomic mass is 10.1. The molecule has 0 spiro atoms. The monoisotopic (exact) mass is 307 g/mol. The van der Waals surface area contributed by atoms with Crippen molar-refractivity contribution in [1.29, 1.82) is 0 Å². The van der Waals surface area contributed by atoms with E-state index in [0.717, 1.165) is 6.07 Å². The SMILES string of the molecule is Cc1cc(F)c(S(=O)(=O)NCC(O)CC(C)C)cc1F. The fourth-order valence-electron chi connectivity index (χ4n) is 1.75. The average Bonchev–Trinajstić information content (AvgIpc) is 2.30. The molecule has 0 heterocycles. The lowest BCUT2D eigenvalue weighted by Gasteiger charge is -2.14. The van der Waals surface area contributed by atoms with Gasteiger partial charge >= 0.3 is 0 Å². The summed E-state index contributed by atoms with van der Waals surface area (Å²) in [4.78, 5) is -0.752. The van der Waals surface area contributed by atoms with Crippen LogP contribution in [0.1, 0.15) is 25.8 Å². The minimum atomic E-state index is -4.19. The predicted molar refractivity (Wildman–Crippen MR) is 71.7 cm³/mol. The van der Waals surface area contributed by atoms with Gasteiger partial charge in [-0.25, -0.2) is 21.9 Å². The van der Waals surface area contributed by atoms with Gasteiger partial charge in [0.25, 0.3) is 0 Å². The van der Waals surface area contributed by atoms with Crippen LogP contribution in [0, 0.1) is 24.5 Å². The average molecular weight is 307 g/mol. The molecule has 7 heteroatoms. The lowest BCUT2D eigenvalue weighted by molar-refractivity contribution is 0.152. The van der Waals surface area contributed by atoms with E-state index < -0.39 is 32.7 Å². The smallest absolute Gasteiger partial charge is 0.243 e. The molecule has 1 aromatic rings. The Bertz CT molecular complexity index is 573. The van der Waals surface area contributed by atoms with Crippen molar-refractivity contribution in [2.45, 2.75) is 38.2 Å². The third-order valence-electron chi connectivity index (χ3n) is 2.76. The summed E-state index contributed by atoms with van der Waals surface area (Å²) in [6.45, 7) is 4.86. The van der Waals surface area contributed by atoms with Gasteiger partial charge in [0.1, 0.15) is 16.5 Å². The van der Waals surface area contributed by atoms with Gasteiger partial charge in [-0.05, 0) is 37.0 Å². The molecule has 0 saturated heterocycles. The van der Waals surface area contributed by atoms with Crippen LogP contribution < -0.4 is 4.72 Å². The second-order valence-corrected chi connectivity index (χ2v) is 6.90. The van der Waals surface area contributed by atoms with Gasteiger partial charge in [0.05, 0.1) is 6.10 Å². The van der Waals surface area contributed by atoms with Crippen molar-refractivity contribution in [2.24, 2.45) is 5.92 Å². The topological polar surface area (TPSA) is 66.4 Å². The Labute approximate surface area is 117 Å². The minimum absolute atomic E-state index is 0.0290. The normalized spacial score (nSPS) is 13.8. The third kappa shape index (κ3) is 4.50. The fraction of sp³-hybridized carbons (Fsp3) is 0.538. The van der Waals surface area contributed by atoms with Crippen LogP contribution in [0.5, 0.6) is 0 Å². The van der Waals surface area contributed by atoms with Crippen molar-refractivity contribution in [3.63, 3.8) is 0 Å². The van der Waals surface area contributed by atoms with Gasteiger partial charge in [0.15, 0.2) is 0 Å². The number of sulfonamides is 1. The first kappa shape index (κ1) is 17.0. The molecule has 0 aliphatic heterocycles. The highest BCUT2D eigenvalue weighted by molar-refractivity contribution is 7.89. The number of hydrogen-bond acceptors (Lipinski definition) is 3. The highest BCUT2D eigenvalue weighted by Crippen LogP contribution is 2.18. The summed E-state index contributed by atoms with van der Waals surface area (Å²) in [5, 5.41) is 9.60. The molecular formula is C13H19F2NO3S. The number of rotatable bonds is 6. The zero-order valence-electron chi connectivity index (χ0n) is 11.7. The predicted octanol–water partition coefficient (Wildman–Crippen LogP) is 1.96. The van der Waals surface area contributed by atoms with Crippen LogP contribution in [0.15, 0.2) is 17.0 Å². The number of aliphatic hydroxyl groups is 1. The van der Waals surface area contributed by atoms with Gasteiger partial charge in [0.2, 0.25) is 10.0 Å². The Morgan fingerprint density at radius 2 is 1.85 bits per heavy atom. The maximum atomic E-state index is 13.6. The van der Waals surface area contributed by atoms with Crippen LogP contribution in [-0.4, -0.2) is 26.2 Å². The molecule has 0 aromatic heterocycles. The maximum absolute atomic E-state index is 13.6. The van der Waals surface area contributed by atoms with Crippen molar-refractivity contribution in [1.82, 2.24) is 4.72 Å². The zero-order chi connectivity index (χ0) is 15.5. The van der Waals surface area contributed by atoms with Crippen LogP contribution in [0.3, 0.4) is 0 Å². The number of nitrogens with one attached hydrogen (secondary N) is 1. The van der Waals surface area contributed by atoms with E-state index in [-0.39, 0.29) is 18.0 Å². The van der Waals surface area contributed by atoms with E-state index in [1.807, 2.05) is 13.8 Å². The summed E-state index contributed by atoms with van der Waals surface area (Å²) < 4.78 is 52.8. The van der Waals surface area contributed by atoms with E-state index >= 15 is 0 Å². The van der Waals surface area contributed by atoms with Crippen molar-refractivity contribution < 1.29 is 22.3 Å². The van der Waals surface area contributed by atoms with Gasteiger partial charge in [-0.1, -0.05) is 13.8 Å². The number of halogens is 2. The van der Waals surface area contributed by atoms with Gasteiger partial charge in [-0.2, -0.15) is 0 Å². The van der Waals surface area contributed by atoms with Gasteiger partial charge in [-0.3, -0.25) is 0 Å². The Balaban J connectivity index is 2.87. The van der Waals surface area contributed by atoms with Crippen LogP contribution in [0.25, 0.3) is 0 Å². The van der Waals surface area contributed by atoms with Crippen LogP contribution in [0.2, 0.25) is 0 Å². The molecule has 0 fully saturated rings. The van der Waals surface area contributed by atoms with E-state index in [0.29, 0.717) is 12.5 Å². The summed E-state index contributed by atoms with van der Waals surface area (Å²) in [7, 11) is -4.19. The van der Waals surface area contributed by atoms with E-state index in [1.54, 1.807) is 0 Å². The number of hydrogen-bond donors (Lipinski definition) is 2. The largest absolute Gasteiger partial charge is 0.392 e. The van der Waals surface area contributed by atoms with E-state index in [2.05, 4.69) is 4.72 Å². The Kier molecular flexibility index (Phi) is 5.61. The molecule has 0 bridgehead atoms. The second-order valence-electron chi connectivity index (χ2n) is 5.17. The number of aliphatic hydroxyl groups excluding tert-OH is 1. The summed E-state index contributed by atoms with van der Waals surface area (Å²) in [5.41, 5.74) is 0.0290. The van der Waals surface area contributed by atoms with Crippen molar-refractivity contribution in [2.75, 3.05) is 6.54 Å². The molecule has 4 nitrogen and oxygen atoms in total. The molecule has 114 valence electrons. The fourth-order valence-corrected chi connectivity index (χ4v) is 2.89. The van der Waals surface area contributed by atoms with Gasteiger partial charge in [0, 0.05) is 6.54 Å². The summed E-state index contributed by atoms with van der Waals surface area (Å²) in [6.07, 6.45) is -0.462. The van der Waals surface area contributed by atoms with Crippen LogP contribution in [-0.2, 0) is 10.0 Å². The van der Waals surface area contributed by atoms with Crippen molar-refractivity contribution in [3.8, 4) is 0 Å². The number of benzene rings is 1. The van der Waals surface area contributed by atoms with Crippen LogP contribution in [0.4, 0.5) is 8.78 Å². The van der Waals surface area contributed by atoms with E-state index in [4.69, 9.17) is 0 Å². The molecule has 0 saturated carbocycles. The van der Waals surface area contributed by atoms with E-state index in [1.165, 1.54) is 6.92 Å². The standard InChI is InChI=1S/C13H19F2NO3S/c1-8(2)4-10(17)7-16-20(18,19)13-6-11(14)9(3)5-12(13)15/h5-6,8,10,16-17H,4,7H2,1-3H3. The van der Waals surface area contributed by atoms with Crippen molar-refractivity contribution in [3.05, 3.63) is 29.3 Å². The Morgan fingerprint density at radius 1 is 1.25 bits per heavy atom. The first-order valence-corrected chi connectivity index (χ1v) is 7.75. The molecule has 0 aliphatic rings. The zero-order valence-corrected chi connectivity index (χ0v) is 12.5. The molecular weight excluding hydrogens is 288 g/mol. The molecule has 0 aliphatic carbocycles. The third-order valence-corrected chi connectivity index (χ3v) is 4.19. The maximum Gasteiger partial charge on any atom is 0.243 e. The summed E-state index contributed by atoms with van der Waals surface area (Å²) in [5.74, 6) is -1.62. The highest BCUT2D eigenvalue weighted by atomic mass is 32.2. The summed E-state index contributed by atoms with van der Waals surface area (Å²) >= 11 is 0. The molecule has 1 unspecified atom stereocenters. The van der Waals surface area contributed by atoms with Crippen molar-refractivity contribution >= 4 is 10.0 Å². The van der Waals surface area contributed by atoms with Gasteiger partial charge in [-0.15, -0.1) is 0 Å². The molecule has 1 rings (SSSR count). The molecule has 20 heavy (non-hydrogen) atoms. The Morgan fingerprint density at radius 3 is 2.40 bits per heavy atom. The Hall–Kier alpha value is -1.05. The summed E-state index contributed by atoms with van der Waals surface area (Å²) in [6, 6.07) is 1.47. The minimum Gasteiger partial charge on any atom is -0.392 e. The highest BCUT2D eigenvalue weighted by Gasteiger charge is 2.22. The second kappa shape index (κ2) is 6.60. The van der Waals surface area contributed by atoms with E-state index in [9.17, 15) is 22.3 Å². The molecule has 1 atom stereocenters. The molecule has 2 N–H and O–H groups in total. The first-order valence-electron chi connectivity index (χ1n) is 6.27. The van der Waals surface area contributed by atoms with Gasteiger partial charge < -0.3 is 5.11 Å². The quantitative estimate of drug-likeness (QED) is 0.844. The van der Waals surface area contributed by atoms with Crippen LogP contribution >= 0.6 is 0 Å².